The number of hydrogen-bond acceptors (Lipinski definition) is 9. The van der Waals surface area contributed by atoms with Crippen molar-refractivity contribution in [3.05, 3.63) is 35.4 Å². The number of ether oxygens (including phenoxy) is 1. The molecule has 26 heavy (non-hydrogen) atoms. The molecule has 4 N–H and O–H groups in total. The summed E-state index contributed by atoms with van der Waals surface area (Å²) in [7, 11) is 1.76. The molecule has 9 nitrogen and oxygen atoms in total. The average molecular weight is 366 g/mol. The summed E-state index contributed by atoms with van der Waals surface area (Å²) in [5.41, 5.74) is 2.31. The normalized spacial score (nSPS) is 35.2. The molecule has 144 valence electrons. The van der Waals surface area contributed by atoms with E-state index in [9.17, 15) is 20.4 Å². The molecule has 0 aromatic heterocycles. The van der Waals surface area contributed by atoms with E-state index < -0.39 is 43.3 Å². The van der Waals surface area contributed by atoms with E-state index in [4.69, 9.17) is 4.74 Å². The molecule has 2 aliphatic heterocycles. The molecule has 0 bridgehead atoms. The van der Waals surface area contributed by atoms with Crippen molar-refractivity contribution in [1.82, 2.24) is 10.1 Å². The first-order valence-corrected chi connectivity index (χ1v) is 8.75. The predicted octanol–water partition coefficient (Wildman–Crippen LogP) is -0.553. The van der Waals surface area contributed by atoms with Crippen LogP contribution >= 0.6 is 0 Å². The summed E-state index contributed by atoms with van der Waals surface area (Å²) in [4.78, 5) is 0. The zero-order valence-electron chi connectivity index (χ0n) is 14.9. The van der Waals surface area contributed by atoms with Crippen LogP contribution in [0.3, 0.4) is 0 Å². The lowest BCUT2D eigenvalue weighted by Crippen LogP contribution is -2.63. The van der Waals surface area contributed by atoms with E-state index in [0.29, 0.717) is 6.54 Å². The van der Waals surface area contributed by atoms with Crippen molar-refractivity contribution >= 4 is 0 Å². The third kappa shape index (κ3) is 3.59. The molecular weight excluding hydrogens is 340 g/mol. The molecule has 0 spiro atoms. The number of hydrazine groups is 1. The fourth-order valence-electron chi connectivity index (χ4n) is 3.23. The van der Waals surface area contributed by atoms with Gasteiger partial charge in [0.2, 0.25) is 0 Å². The van der Waals surface area contributed by atoms with Crippen LogP contribution in [0.5, 0.6) is 0 Å². The van der Waals surface area contributed by atoms with Crippen molar-refractivity contribution in [3.63, 3.8) is 0 Å². The van der Waals surface area contributed by atoms with E-state index >= 15 is 0 Å². The van der Waals surface area contributed by atoms with Crippen LogP contribution in [-0.2, 0) is 17.7 Å². The molecule has 2 heterocycles. The van der Waals surface area contributed by atoms with Crippen LogP contribution in [0.2, 0.25) is 0 Å². The Bertz CT molecular complexity index is 626. The van der Waals surface area contributed by atoms with Gasteiger partial charge < -0.3 is 25.2 Å². The van der Waals surface area contributed by atoms with Crippen LogP contribution in [-0.4, -0.2) is 80.9 Å². The number of hydrogen-bond donors (Lipinski definition) is 4. The molecule has 3 rings (SSSR count). The predicted molar refractivity (Wildman–Crippen MR) is 91.5 cm³/mol. The zero-order valence-corrected chi connectivity index (χ0v) is 14.9. The second-order valence-electron chi connectivity index (χ2n) is 6.69. The highest BCUT2D eigenvalue weighted by molar-refractivity contribution is 5.22. The Morgan fingerprint density at radius 2 is 1.69 bits per heavy atom. The second kappa shape index (κ2) is 7.95. The molecular formula is C17H26N4O5. The summed E-state index contributed by atoms with van der Waals surface area (Å²) < 4.78 is 5.58. The monoisotopic (exact) mass is 366 g/mol. The van der Waals surface area contributed by atoms with Crippen LogP contribution in [0.15, 0.2) is 34.6 Å². The Labute approximate surface area is 152 Å². The van der Waals surface area contributed by atoms with Crippen molar-refractivity contribution < 1.29 is 25.2 Å². The Balaban J connectivity index is 1.68. The molecule has 0 amide bonds. The maximum atomic E-state index is 10.3. The number of aliphatic hydroxyl groups excluding tert-OH is 4. The van der Waals surface area contributed by atoms with Gasteiger partial charge >= 0.3 is 0 Å². The smallest absolute Gasteiger partial charge is 0.172 e. The van der Waals surface area contributed by atoms with Gasteiger partial charge in [0, 0.05) is 7.05 Å². The van der Waals surface area contributed by atoms with Crippen LogP contribution in [0, 0.1) is 0 Å². The summed E-state index contributed by atoms with van der Waals surface area (Å²) in [5.74, 6) is 0. The fourth-order valence-corrected chi connectivity index (χ4v) is 3.23. The van der Waals surface area contributed by atoms with Gasteiger partial charge in [-0.25, -0.2) is 5.12 Å². The minimum absolute atomic E-state index is 0.470. The van der Waals surface area contributed by atoms with Gasteiger partial charge in [-0.1, -0.05) is 36.4 Å². The SMILES string of the molecule is CCc1ccc(CN2N=NC(C3OC(CO)[C@@H](O)[C@H](O)[C@H]3O)N2C)cc1. The summed E-state index contributed by atoms with van der Waals surface area (Å²) in [6.45, 7) is 2.13. The summed E-state index contributed by atoms with van der Waals surface area (Å²) >= 11 is 0. The van der Waals surface area contributed by atoms with Crippen molar-refractivity contribution in [3.8, 4) is 0 Å². The van der Waals surface area contributed by atoms with Crippen LogP contribution in [0.4, 0.5) is 0 Å². The summed E-state index contributed by atoms with van der Waals surface area (Å²) in [6.07, 6.45) is -5.74. The van der Waals surface area contributed by atoms with Gasteiger partial charge in [0.25, 0.3) is 0 Å². The average Bonchev–Trinajstić information content (AvgIpc) is 3.01. The minimum atomic E-state index is -1.43. The summed E-state index contributed by atoms with van der Waals surface area (Å²) in [6, 6.07) is 8.20. The molecule has 1 aromatic rings. The molecule has 0 radical (unpaired) electrons. The van der Waals surface area contributed by atoms with Gasteiger partial charge in [0.1, 0.15) is 30.5 Å². The second-order valence-corrected chi connectivity index (χ2v) is 6.69. The first-order chi connectivity index (χ1) is 12.5. The molecule has 6 atom stereocenters. The molecule has 0 aliphatic carbocycles. The topological polar surface area (TPSA) is 121 Å². The maximum Gasteiger partial charge on any atom is 0.172 e. The van der Waals surface area contributed by atoms with Gasteiger partial charge in [-0.3, -0.25) is 0 Å². The number of likely N-dealkylation sites (N-methyl/N-ethyl adjacent to an activating group) is 1. The van der Waals surface area contributed by atoms with Crippen LogP contribution < -0.4 is 0 Å². The highest BCUT2D eigenvalue weighted by atomic mass is 16.5. The summed E-state index contributed by atoms with van der Waals surface area (Å²) in [5, 5.41) is 51.1. The van der Waals surface area contributed by atoms with E-state index in [2.05, 4.69) is 29.4 Å². The Morgan fingerprint density at radius 3 is 2.31 bits per heavy atom. The highest BCUT2D eigenvalue weighted by Crippen LogP contribution is 2.29. The molecule has 9 heteroatoms. The highest BCUT2D eigenvalue weighted by Gasteiger charge is 2.49. The third-order valence-electron chi connectivity index (χ3n) is 5.00. The van der Waals surface area contributed by atoms with E-state index in [1.54, 1.807) is 17.2 Å². The van der Waals surface area contributed by atoms with E-state index in [0.717, 1.165) is 12.0 Å². The Morgan fingerprint density at radius 1 is 1.04 bits per heavy atom. The van der Waals surface area contributed by atoms with Gasteiger partial charge in [-0.2, -0.15) is 5.01 Å². The number of nitrogens with zero attached hydrogens (tertiary/aromatic N) is 4. The number of aliphatic hydroxyl groups is 4. The van der Waals surface area contributed by atoms with Gasteiger partial charge in [-0.15, -0.1) is 5.11 Å². The zero-order chi connectivity index (χ0) is 18.8. The lowest BCUT2D eigenvalue weighted by atomic mass is 9.93. The quantitative estimate of drug-likeness (QED) is 0.551. The van der Waals surface area contributed by atoms with Crippen molar-refractivity contribution in [2.75, 3.05) is 13.7 Å². The number of rotatable bonds is 5. The van der Waals surface area contributed by atoms with E-state index in [1.807, 2.05) is 12.1 Å². The van der Waals surface area contributed by atoms with Gasteiger partial charge in [0.05, 0.1) is 13.2 Å². The van der Waals surface area contributed by atoms with Crippen LogP contribution in [0.25, 0.3) is 0 Å². The maximum absolute atomic E-state index is 10.3. The minimum Gasteiger partial charge on any atom is -0.394 e. The number of benzene rings is 1. The molecule has 2 aliphatic rings. The lowest BCUT2D eigenvalue weighted by molar-refractivity contribution is -0.246. The lowest BCUT2D eigenvalue weighted by Gasteiger charge is -2.42. The van der Waals surface area contributed by atoms with Crippen LogP contribution in [0.1, 0.15) is 18.1 Å². The third-order valence-corrected chi connectivity index (χ3v) is 5.00. The first-order valence-electron chi connectivity index (χ1n) is 8.75. The number of aryl methyl sites for hydroxylation is 1. The van der Waals surface area contributed by atoms with Gasteiger partial charge in [-0.05, 0) is 17.5 Å². The van der Waals surface area contributed by atoms with E-state index in [1.165, 1.54) is 5.56 Å². The molecule has 0 saturated carbocycles. The van der Waals surface area contributed by atoms with Crippen molar-refractivity contribution in [2.45, 2.75) is 56.6 Å². The Kier molecular flexibility index (Phi) is 5.86. The molecule has 3 unspecified atom stereocenters. The molecule has 1 fully saturated rings. The van der Waals surface area contributed by atoms with Crippen molar-refractivity contribution in [2.24, 2.45) is 10.3 Å². The molecule has 1 aromatic carbocycles. The first kappa shape index (κ1) is 19.2. The largest absolute Gasteiger partial charge is 0.394 e. The standard InChI is InChI=1S/C17H26N4O5/c1-3-10-4-6-11(7-5-10)8-21-19-18-17(20(21)2)16-15(25)14(24)13(23)12(9-22)26-16/h4-7,12-17,22-25H,3,8-9H2,1-2H3/t12?,13-,14+,15-,16?,17?/m1/s1. The van der Waals surface area contributed by atoms with E-state index in [-0.39, 0.29) is 0 Å². The fraction of sp³-hybridized carbons (Fsp3) is 0.647. The molecule has 1 saturated heterocycles. The van der Waals surface area contributed by atoms with Crippen molar-refractivity contribution in [1.29, 1.82) is 0 Å². The Hall–Kier alpha value is -1.62. The van der Waals surface area contributed by atoms with Gasteiger partial charge in [0.15, 0.2) is 6.17 Å².